The number of benzene rings is 1. The van der Waals surface area contributed by atoms with Crippen LogP contribution >= 0.6 is 12.4 Å². The third kappa shape index (κ3) is 4.52. The summed E-state index contributed by atoms with van der Waals surface area (Å²) in [5.74, 6) is 0.496. The highest BCUT2D eigenvalue weighted by Gasteiger charge is 2.11. The van der Waals surface area contributed by atoms with Crippen molar-refractivity contribution < 1.29 is 14.3 Å². The van der Waals surface area contributed by atoms with Gasteiger partial charge in [0.15, 0.2) is 11.5 Å². The summed E-state index contributed by atoms with van der Waals surface area (Å²) in [5.41, 5.74) is 12.3. The zero-order valence-corrected chi connectivity index (χ0v) is 11.3. The van der Waals surface area contributed by atoms with E-state index in [0.717, 1.165) is 5.56 Å². The average Bonchev–Trinajstić information content (AvgIpc) is 2.29. The Hall–Kier alpha value is -1.30. The van der Waals surface area contributed by atoms with Crippen LogP contribution in [0.25, 0.3) is 0 Å². The van der Waals surface area contributed by atoms with Crippen LogP contribution in [0.2, 0.25) is 0 Å². The first-order valence-corrected chi connectivity index (χ1v) is 5.40. The van der Waals surface area contributed by atoms with Gasteiger partial charge in [0, 0.05) is 13.0 Å². The van der Waals surface area contributed by atoms with Gasteiger partial charge in [-0.1, -0.05) is 6.07 Å². The molecule has 6 heteroatoms. The molecular formula is C12H19ClN2O3. The smallest absolute Gasteiger partial charge is 0.308 e. The van der Waals surface area contributed by atoms with E-state index in [9.17, 15) is 4.79 Å². The van der Waals surface area contributed by atoms with E-state index in [-0.39, 0.29) is 24.4 Å². The molecule has 0 bridgehead atoms. The van der Waals surface area contributed by atoms with Crippen LogP contribution in [0.5, 0.6) is 11.5 Å². The molecule has 1 atom stereocenters. The molecule has 0 amide bonds. The molecule has 1 rings (SSSR count). The summed E-state index contributed by atoms with van der Waals surface area (Å²) in [6.07, 6.45) is 0.691. The Bertz CT molecular complexity index is 399. The van der Waals surface area contributed by atoms with Gasteiger partial charge in [0.05, 0.1) is 7.11 Å². The van der Waals surface area contributed by atoms with Crippen molar-refractivity contribution in [2.45, 2.75) is 19.4 Å². The maximum atomic E-state index is 10.9. The highest BCUT2D eigenvalue weighted by atomic mass is 35.5. The lowest BCUT2D eigenvalue weighted by Crippen LogP contribution is -2.15. The number of halogens is 1. The van der Waals surface area contributed by atoms with Gasteiger partial charge in [0.25, 0.3) is 0 Å². The average molecular weight is 275 g/mol. The molecule has 0 aliphatic rings. The van der Waals surface area contributed by atoms with Crippen molar-refractivity contribution in [1.29, 1.82) is 0 Å². The van der Waals surface area contributed by atoms with Crippen LogP contribution in [0, 0.1) is 0 Å². The molecule has 0 saturated carbocycles. The molecule has 0 aliphatic carbocycles. The molecule has 4 N–H and O–H groups in total. The predicted octanol–water partition coefficient (Wildman–Crippen LogP) is 1.39. The largest absolute Gasteiger partial charge is 0.493 e. The predicted molar refractivity (Wildman–Crippen MR) is 72.2 cm³/mol. The van der Waals surface area contributed by atoms with Crippen LogP contribution in [0.4, 0.5) is 0 Å². The van der Waals surface area contributed by atoms with Gasteiger partial charge < -0.3 is 20.9 Å². The van der Waals surface area contributed by atoms with Gasteiger partial charge in [-0.15, -0.1) is 12.4 Å². The zero-order chi connectivity index (χ0) is 12.8. The summed E-state index contributed by atoms with van der Waals surface area (Å²) in [6, 6.07) is 5.10. The van der Waals surface area contributed by atoms with Gasteiger partial charge >= 0.3 is 5.97 Å². The van der Waals surface area contributed by atoms with E-state index in [1.54, 1.807) is 18.2 Å². The van der Waals surface area contributed by atoms with Crippen molar-refractivity contribution in [3.05, 3.63) is 23.8 Å². The Kier molecular flexibility index (Phi) is 7.35. The third-order valence-corrected chi connectivity index (χ3v) is 2.35. The number of ether oxygens (including phenoxy) is 2. The van der Waals surface area contributed by atoms with E-state index < -0.39 is 0 Å². The molecule has 102 valence electrons. The second kappa shape index (κ2) is 7.92. The first kappa shape index (κ1) is 16.7. The van der Waals surface area contributed by atoms with E-state index in [0.29, 0.717) is 24.5 Å². The topological polar surface area (TPSA) is 87.6 Å². The van der Waals surface area contributed by atoms with Crippen LogP contribution in [0.15, 0.2) is 18.2 Å². The molecule has 0 fully saturated rings. The maximum absolute atomic E-state index is 10.9. The highest BCUT2D eigenvalue weighted by molar-refractivity contribution is 5.85. The minimum Gasteiger partial charge on any atom is -0.493 e. The van der Waals surface area contributed by atoms with Crippen LogP contribution < -0.4 is 20.9 Å². The van der Waals surface area contributed by atoms with Crippen molar-refractivity contribution in [1.82, 2.24) is 0 Å². The molecule has 0 spiro atoms. The van der Waals surface area contributed by atoms with E-state index in [1.807, 2.05) is 0 Å². The van der Waals surface area contributed by atoms with Crippen LogP contribution in [0.3, 0.4) is 0 Å². The minimum atomic E-state index is -0.387. The maximum Gasteiger partial charge on any atom is 0.308 e. The molecule has 0 heterocycles. The number of esters is 1. The Morgan fingerprint density at radius 2 is 2.06 bits per heavy atom. The Balaban J connectivity index is 0.00000289. The molecule has 1 aromatic rings. The molecule has 0 aromatic heterocycles. The first-order chi connectivity index (χ1) is 8.08. The molecule has 0 saturated heterocycles. The van der Waals surface area contributed by atoms with E-state index in [2.05, 4.69) is 0 Å². The number of hydrogen-bond acceptors (Lipinski definition) is 5. The lowest BCUT2D eigenvalue weighted by molar-refractivity contribution is -0.132. The van der Waals surface area contributed by atoms with E-state index in [4.69, 9.17) is 20.9 Å². The number of carbonyl (C=O) groups excluding carboxylic acids is 1. The SMILES string of the molecule is COc1cc([C@H](N)CCN)ccc1OC(C)=O.Cl. The minimum absolute atomic E-state index is 0. The van der Waals surface area contributed by atoms with Gasteiger partial charge in [-0.05, 0) is 30.7 Å². The number of carbonyl (C=O) groups is 1. The van der Waals surface area contributed by atoms with Gasteiger partial charge in [-0.3, -0.25) is 4.79 Å². The molecule has 5 nitrogen and oxygen atoms in total. The van der Waals surface area contributed by atoms with E-state index >= 15 is 0 Å². The molecule has 0 unspecified atom stereocenters. The quantitative estimate of drug-likeness (QED) is 0.626. The van der Waals surface area contributed by atoms with Crippen molar-refractivity contribution >= 4 is 18.4 Å². The first-order valence-electron chi connectivity index (χ1n) is 5.40. The van der Waals surface area contributed by atoms with Crippen molar-refractivity contribution in [3.63, 3.8) is 0 Å². The van der Waals surface area contributed by atoms with Crippen LogP contribution in [0.1, 0.15) is 24.9 Å². The monoisotopic (exact) mass is 274 g/mol. The van der Waals surface area contributed by atoms with Crippen LogP contribution in [-0.2, 0) is 4.79 Å². The highest BCUT2D eigenvalue weighted by Crippen LogP contribution is 2.30. The fourth-order valence-electron chi connectivity index (χ4n) is 1.50. The fourth-order valence-corrected chi connectivity index (χ4v) is 1.50. The number of methoxy groups -OCH3 is 1. The lowest BCUT2D eigenvalue weighted by atomic mass is 10.0. The summed E-state index contributed by atoms with van der Waals surface area (Å²) in [6.45, 7) is 1.86. The summed E-state index contributed by atoms with van der Waals surface area (Å²) in [5, 5.41) is 0. The summed E-state index contributed by atoms with van der Waals surface area (Å²) >= 11 is 0. The number of nitrogens with two attached hydrogens (primary N) is 2. The standard InChI is InChI=1S/C12H18N2O3.ClH/c1-8(15)17-11-4-3-9(7-12(11)16-2)10(14)5-6-13;/h3-4,7,10H,5-6,13-14H2,1-2H3;1H/t10-;/m1./s1. The van der Waals surface area contributed by atoms with Crippen molar-refractivity contribution in [3.8, 4) is 11.5 Å². The van der Waals surface area contributed by atoms with Crippen molar-refractivity contribution in [2.24, 2.45) is 11.5 Å². The zero-order valence-electron chi connectivity index (χ0n) is 10.5. The summed E-state index contributed by atoms with van der Waals surface area (Å²) < 4.78 is 10.2. The number of hydrogen-bond donors (Lipinski definition) is 2. The number of rotatable bonds is 5. The van der Waals surface area contributed by atoms with Gasteiger partial charge in [-0.25, -0.2) is 0 Å². The van der Waals surface area contributed by atoms with Crippen molar-refractivity contribution in [2.75, 3.05) is 13.7 Å². The van der Waals surface area contributed by atoms with Gasteiger partial charge in [0.2, 0.25) is 0 Å². The molecule has 18 heavy (non-hydrogen) atoms. The molecular weight excluding hydrogens is 256 g/mol. The normalized spacial score (nSPS) is 11.3. The second-order valence-corrected chi connectivity index (χ2v) is 3.69. The second-order valence-electron chi connectivity index (χ2n) is 3.69. The summed E-state index contributed by atoms with van der Waals surface area (Å²) in [7, 11) is 1.51. The van der Waals surface area contributed by atoms with E-state index in [1.165, 1.54) is 14.0 Å². The fraction of sp³-hybridized carbons (Fsp3) is 0.417. The Morgan fingerprint density at radius 3 is 2.56 bits per heavy atom. The Labute approximate surface area is 113 Å². The molecule has 1 aromatic carbocycles. The third-order valence-electron chi connectivity index (χ3n) is 2.35. The van der Waals surface area contributed by atoms with Gasteiger partial charge in [-0.2, -0.15) is 0 Å². The molecule has 0 radical (unpaired) electrons. The molecule has 0 aliphatic heterocycles. The summed E-state index contributed by atoms with van der Waals surface area (Å²) in [4.78, 5) is 10.9. The van der Waals surface area contributed by atoms with Crippen LogP contribution in [-0.4, -0.2) is 19.6 Å². The Morgan fingerprint density at radius 1 is 1.39 bits per heavy atom. The lowest BCUT2D eigenvalue weighted by Gasteiger charge is -2.14. The van der Waals surface area contributed by atoms with Gasteiger partial charge in [0.1, 0.15) is 0 Å².